The molecule has 0 aliphatic rings. The van der Waals surface area contributed by atoms with Crippen molar-refractivity contribution in [2.45, 2.75) is 258 Å². The van der Waals surface area contributed by atoms with Crippen LogP contribution in [-0.4, -0.2) is 75.6 Å². The largest absolute Gasteiger partial charge is 0.472 e. The first-order valence-corrected chi connectivity index (χ1v) is 28.1. The lowest BCUT2D eigenvalue weighted by Gasteiger charge is -2.24. The maximum atomic E-state index is 12.8. The average Bonchev–Trinajstić information content (AvgIpc) is 3.23. The molecule has 0 aliphatic carbocycles. The summed E-state index contributed by atoms with van der Waals surface area (Å²) in [5.41, 5.74) is 0. The van der Waals surface area contributed by atoms with E-state index in [1.54, 1.807) is 0 Å². The Kier molecular flexibility index (Phi) is 45.7. The number of quaternary nitrogens is 1. The maximum Gasteiger partial charge on any atom is 0.472 e. The molecule has 9 heteroatoms. The molecule has 8 nitrogen and oxygen atoms in total. The molecule has 0 aromatic heterocycles. The third kappa shape index (κ3) is 50.0. The first-order chi connectivity index (χ1) is 30.1. The lowest BCUT2D eigenvalue weighted by Crippen LogP contribution is -2.37. The van der Waals surface area contributed by atoms with Crippen LogP contribution in [0.2, 0.25) is 0 Å². The van der Waals surface area contributed by atoms with Crippen LogP contribution >= 0.6 is 7.82 Å². The van der Waals surface area contributed by atoms with Gasteiger partial charge in [0, 0.05) is 13.0 Å². The summed E-state index contributed by atoms with van der Waals surface area (Å²) in [6, 6.07) is 0. The first-order valence-electron chi connectivity index (χ1n) is 26.6. The predicted octanol–water partition coefficient (Wildman–Crippen LogP) is 16.3. The standard InChI is InChI=1S/C53H104NO7P/c1-6-8-10-12-14-16-18-20-22-24-26-27-28-29-31-33-35-37-39-41-43-45-48-58-50-52(51-60-62(56,57)59-49-47-54(3,4)5)61-53(55)46-44-42-40-38-36-34-32-30-25-23-21-19-17-15-13-11-9-7-2/h18,20,24,26,52H,6-17,19,21-23,25,27-51H2,1-5H3/p+1/b20-18-,26-24-. The second-order valence-corrected chi connectivity index (χ2v) is 20.7. The molecule has 0 radical (unpaired) electrons. The summed E-state index contributed by atoms with van der Waals surface area (Å²) < 4.78 is 35.2. The van der Waals surface area contributed by atoms with Crippen LogP contribution in [0, 0.1) is 0 Å². The van der Waals surface area contributed by atoms with Crippen LogP contribution in [0.25, 0.3) is 0 Å². The van der Waals surface area contributed by atoms with Crippen molar-refractivity contribution in [2.24, 2.45) is 0 Å². The summed E-state index contributed by atoms with van der Waals surface area (Å²) in [4.78, 5) is 23.0. The third-order valence-corrected chi connectivity index (χ3v) is 12.7. The summed E-state index contributed by atoms with van der Waals surface area (Å²) in [7, 11) is 1.68. The molecule has 2 atom stereocenters. The van der Waals surface area contributed by atoms with Gasteiger partial charge in [-0.3, -0.25) is 13.8 Å². The third-order valence-electron chi connectivity index (χ3n) is 11.8. The summed E-state index contributed by atoms with van der Waals surface area (Å²) in [6.45, 7) is 5.66. The Morgan fingerprint density at radius 3 is 1.31 bits per heavy atom. The van der Waals surface area contributed by atoms with Crippen molar-refractivity contribution in [3.8, 4) is 0 Å². The van der Waals surface area contributed by atoms with Crippen LogP contribution in [0.3, 0.4) is 0 Å². The SMILES string of the molecule is CCCCCCC/C=C\C/C=C\CCCCCCCCCCCCOCC(COP(=O)(O)OCC[N+](C)(C)C)OC(=O)CCCCCCCCCCCCCCCCCCCC. The van der Waals surface area contributed by atoms with Crippen molar-refractivity contribution in [3.05, 3.63) is 24.3 Å². The van der Waals surface area contributed by atoms with E-state index in [1.165, 1.54) is 193 Å². The highest BCUT2D eigenvalue weighted by Gasteiger charge is 2.26. The minimum atomic E-state index is -4.28. The van der Waals surface area contributed by atoms with E-state index in [0.29, 0.717) is 24.1 Å². The Hall–Kier alpha value is -1.02. The van der Waals surface area contributed by atoms with Gasteiger partial charge in [-0.1, -0.05) is 224 Å². The van der Waals surface area contributed by atoms with E-state index >= 15 is 0 Å². The topological polar surface area (TPSA) is 91.3 Å². The van der Waals surface area contributed by atoms with Crippen molar-refractivity contribution in [3.63, 3.8) is 0 Å². The highest BCUT2D eigenvalue weighted by Crippen LogP contribution is 2.43. The van der Waals surface area contributed by atoms with Gasteiger partial charge in [0.1, 0.15) is 19.3 Å². The fraction of sp³-hybridized carbons (Fsp3) is 0.906. The summed E-state index contributed by atoms with van der Waals surface area (Å²) in [5.74, 6) is -0.309. The molecule has 2 unspecified atom stereocenters. The van der Waals surface area contributed by atoms with Gasteiger partial charge in [0.25, 0.3) is 0 Å². The minimum absolute atomic E-state index is 0.0905. The molecule has 0 aromatic rings. The van der Waals surface area contributed by atoms with Gasteiger partial charge in [-0.2, -0.15) is 0 Å². The van der Waals surface area contributed by atoms with Crippen molar-refractivity contribution >= 4 is 13.8 Å². The molecule has 0 bridgehead atoms. The molecule has 0 saturated heterocycles. The number of carbonyl (C=O) groups is 1. The number of carbonyl (C=O) groups excluding carboxylic acids is 1. The molecular weight excluding hydrogens is 794 g/mol. The Morgan fingerprint density at radius 2 is 0.887 bits per heavy atom. The molecule has 62 heavy (non-hydrogen) atoms. The zero-order valence-corrected chi connectivity index (χ0v) is 42.8. The van der Waals surface area contributed by atoms with E-state index in [1.807, 2.05) is 21.1 Å². The second kappa shape index (κ2) is 46.5. The van der Waals surface area contributed by atoms with Gasteiger partial charge in [-0.15, -0.1) is 0 Å². The van der Waals surface area contributed by atoms with Crippen LogP contribution < -0.4 is 0 Å². The van der Waals surface area contributed by atoms with Gasteiger partial charge < -0.3 is 18.9 Å². The number of phosphoric ester groups is 1. The van der Waals surface area contributed by atoms with Crippen molar-refractivity contribution in [1.82, 2.24) is 0 Å². The van der Waals surface area contributed by atoms with E-state index in [0.717, 1.165) is 38.5 Å². The Morgan fingerprint density at radius 1 is 0.500 bits per heavy atom. The second-order valence-electron chi connectivity index (χ2n) is 19.3. The van der Waals surface area contributed by atoms with Gasteiger partial charge in [0.15, 0.2) is 0 Å². The van der Waals surface area contributed by atoms with Crippen molar-refractivity contribution in [2.75, 3.05) is 54.1 Å². The van der Waals surface area contributed by atoms with Gasteiger partial charge >= 0.3 is 13.8 Å². The normalized spacial score (nSPS) is 13.7. The number of hydrogen-bond donors (Lipinski definition) is 1. The van der Waals surface area contributed by atoms with Crippen LogP contribution in [0.15, 0.2) is 24.3 Å². The number of ether oxygens (including phenoxy) is 2. The number of esters is 1. The molecule has 0 fully saturated rings. The molecule has 0 rings (SSSR count). The van der Waals surface area contributed by atoms with E-state index in [2.05, 4.69) is 38.2 Å². The zero-order valence-electron chi connectivity index (χ0n) is 41.9. The van der Waals surface area contributed by atoms with E-state index in [9.17, 15) is 14.3 Å². The van der Waals surface area contributed by atoms with Gasteiger partial charge in [0.05, 0.1) is 34.4 Å². The molecule has 1 N–H and O–H groups in total. The van der Waals surface area contributed by atoms with Crippen LogP contribution in [-0.2, 0) is 27.9 Å². The summed E-state index contributed by atoms with van der Waals surface area (Å²) >= 11 is 0. The highest BCUT2D eigenvalue weighted by molar-refractivity contribution is 7.47. The van der Waals surface area contributed by atoms with Crippen LogP contribution in [0.4, 0.5) is 0 Å². The first kappa shape index (κ1) is 61.0. The van der Waals surface area contributed by atoms with E-state index in [4.69, 9.17) is 18.5 Å². The smallest absolute Gasteiger partial charge is 0.457 e. The van der Waals surface area contributed by atoms with Gasteiger partial charge in [-0.25, -0.2) is 4.57 Å². The van der Waals surface area contributed by atoms with E-state index < -0.39 is 13.9 Å². The molecule has 368 valence electrons. The number of unbranched alkanes of at least 4 members (excludes halogenated alkanes) is 32. The number of likely N-dealkylation sites (N-methyl/N-ethyl adjacent to an activating group) is 1. The van der Waals surface area contributed by atoms with Gasteiger partial charge in [-0.05, 0) is 44.9 Å². The monoisotopic (exact) mass is 899 g/mol. The number of rotatable bonds is 50. The van der Waals surface area contributed by atoms with Crippen molar-refractivity contribution in [1.29, 1.82) is 0 Å². The molecule has 0 spiro atoms. The fourth-order valence-corrected chi connectivity index (χ4v) is 8.39. The average molecular weight is 899 g/mol. The van der Waals surface area contributed by atoms with Crippen LogP contribution in [0.1, 0.15) is 251 Å². The summed E-state index contributed by atoms with van der Waals surface area (Å²) in [6.07, 6.45) is 55.1. The quantitative estimate of drug-likeness (QED) is 0.0214. The van der Waals surface area contributed by atoms with Crippen LogP contribution in [0.5, 0.6) is 0 Å². The lowest BCUT2D eigenvalue weighted by atomic mass is 10.0. The Balaban J connectivity index is 4.10. The zero-order chi connectivity index (χ0) is 45.5. The number of phosphoric acid groups is 1. The summed E-state index contributed by atoms with van der Waals surface area (Å²) in [5, 5.41) is 0. The van der Waals surface area contributed by atoms with Gasteiger partial charge in [0.2, 0.25) is 0 Å². The highest BCUT2D eigenvalue weighted by atomic mass is 31.2. The minimum Gasteiger partial charge on any atom is -0.457 e. The van der Waals surface area contributed by atoms with Crippen molar-refractivity contribution < 1.29 is 37.3 Å². The number of hydrogen-bond acceptors (Lipinski definition) is 6. The Labute approximate surface area is 385 Å². The maximum absolute atomic E-state index is 12.8. The molecule has 0 aromatic carbocycles. The fourth-order valence-electron chi connectivity index (χ4n) is 7.64. The lowest BCUT2D eigenvalue weighted by molar-refractivity contribution is -0.870. The molecule has 0 aliphatic heterocycles. The predicted molar refractivity (Wildman–Crippen MR) is 266 cm³/mol. The Bertz CT molecular complexity index is 1050. The number of allylic oxidation sites excluding steroid dienone is 4. The molecular formula is C53H105NO7P+. The number of nitrogens with zero attached hydrogens (tertiary/aromatic N) is 1. The van der Waals surface area contributed by atoms with E-state index in [-0.39, 0.29) is 25.8 Å². The molecule has 0 amide bonds. The molecule has 0 heterocycles. The molecule has 0 saturated carbocycles.